The summed E-state index contributed by atoms with van der Waals surface area (Å²) in [5.41, 5.74) is 1.17. The van der Waals surface area contributed by atoms with E-state index in [0.29, 0.717) is 11.1 Å². The number of aryl methyl sites for hydroxylation is 1. The molecule has 1 aromatic carbocycles. The molecule has 1 heterocycles. The molecule has 5 nitrogen and oxygen atoms in total. The van der Waals surface area contributed by atoms with E-state index in [-0.39, 0.29) is 5.75 Å². The summed E-state index contributed by atoms with van der Waals surface area (Å²) in [5.74, 6) is -1.31. The van der Waals surface area contributed by atoms with E-state index >= 15 is 0 Å². The molecule has 2 aromatic rings. The van der Waals surface area contributed by atoms with Gasteiger partial charge in [-0.05, 0) is 18.2 Å². The SMILES string of the molecule is Cn1c(=O)oc2cc(SCC(=O)O)ccc21. The maximum absolute atomic E-state index is 11.2. The zero-order valence-electron chi connectivity index (χ0n) is 8.47. The molecule has 0 saturated carbocycles. The monoisotopic (exact) mass is 239 g/mol. The summed E-state index contributed by atoms with van der Waals surface area (Å²) >= 11 is 1.19. The smallest absolute Gasteiger partial charge is 0.419 e. The second-order valence-electron chi connectivity index (χ2n) is 3.24. The minimum absolute atomic E-state index is 0.0113. The van der Waals surface area contributed by atoms with Gasteiger partial charge in [-0.25, -0.2) is 4.79 Å². The van der Waals surface area contributed by atoms with Crippen molar-refractivity contribution in [2.75, 3.05) is 5.75 Å². The van der Waals surface area contributed by atoms with Crippen LogP contribution in [-0.2, 0) is 11.8 Å². The topological polar surface area (TPSA) is 72.4 Å². The Morgan fingerprint density at radius 1 is 1.56 bits per heavy atom. The molecule has 0 aliphatic rings. The van der Waals surface area contributed by atoms with E-state index < -0.39 is 11.7 Å². The molecule has 0 saturated heterocycles. The van der Waals surface area contributed by atoms with Crippen molar-refractivity contribution in [3.8, 4) is 0 Å². The van der Waals surface area contributed by atoms with E-state index in [9.17, 15) is 9.59 Å². The van der Waals surface area contributed by atoms with Gasteiger partial charge in [0.15, 0.2) is 5.58 Å². The van der Waals surface area contributed by atoms with Crippen LogP contribution in [0.2, 0.25) is 0 Å². The van der Waals surface area contributed by atoms with Crippen LogP contribution in [0.5, 0.6) is 0 Å². The van der Waals surface area contributed by atoms with Crippen molar-refractivity contribution in [3.63, 3.8) is 0 Å². The van der Waals surface area contributed by atoms with E-state index in [1.165, 1.54) is 16.3 Å². The fourth-order valence-electron chi connectivity index (χ4n) is 1.35. The van der Waals surface area contributed by atoms with Gasteiger partial charge in [0.2, 0.25) is 0 Å². The Morgan fingerprint density at radius 2 is 2.31 bits per heavy atom. The highest BCUT2D eigenvalue weighted by Gasteiger charge is 2.07. The minimum Gasteiger partial charge on any atom is -0.481 e. The van der Waals surface area contributed by atoms with Crippen molar-refractivity contribution >= 4 is 28.8 Å². The summed E-state index contributed by atoms with van der Waals surface area (Å²) in [6.07, 6.45) is 0. The maximum Gasteiger partial charge on any atom is 0.419 e. The van der Waals surface area contributed by atoms with E-state index in [0.717, 1.165) is 4.90 Å². The summed E-state index contributed by atoms with van der Waals surface area (Å²) in [7, 11) is 1.62. The number of nitrogens with zero attached hydrogens (tertiary/aromatic N) is 1. The minimum atomic E-state index is -0.875. The quantitative estimate of drug-likeness (QED) is 0.817. The number of carbonyl (C=O) groups is 1. The van der Waals surface area contributed by atoms with E-state index in [2.05, 4.69) is 0 Å². The lowest BCUT2D eigenvalue weighted by molar-refractivity contribution is -0.133. The van der Waals surface area contributed by atoms with E-state index in [1.807, 2.05) is 0 Å². The molecule has 0 fully saturated rings. The first-order valence-corrected chi connectivity index (χ1v) is 5.50. The fraction of sp³-hybridized carbons (Fsp3) is 0.200. The second kappa shape index (κ2) is 4.05. The molecule has 0 spiro atoms. The van der Waals surface area contributed by atoms with Gasteiger partial charge in [0.05, 0.1) is 11.3 Å². The van der Waals surface area contributed by atoms with Gasteiger partial charge < -0.3 is 9.52 Å². The first-order chi connectivity index (χ1) is 7.58. The molecular formula is C10H9NO4S. The molecule has 0 unspecified atom stereocenters. The Morgan fingerprint density at radius 3 is 3.00 bits per heavy atom. The normalized spacial score (nSPS) is 10.8. The molecule has 0 amide bonds. The molecule has 1 N–H and O–H groups in total. The lowest BCUT2D eigenvalue weighted by Gasteiger charge is -1.98. The van der Waals surface area contributed by atoms with Gasteiger partial charge in [0.25, 0.3) is 0 Å². The molecule has 0 aliphatic carbocycles. The average Bonchev–Trinajstić information content (AvgIpc) is 2.52. The van der Waals surface area contributed by atoms with Gasteiger partial charge in [-0.2, -0.15) is 0 Å². The highest BCUT2D eigenvalue weighted by atomic mass is 32.2. The van der Waals surface area contributed by atoms with Crippen LogP contribution in [0.25, 0.3) is 11.1 Å². The number of carboxylic acid groups (broad SMARTS) is 1. The molecule has 16 heavy (non-hydrogen) atoms. The van der Waals surface area contributed by atoms with Crippen LogP contribution in [0.15, 0.2) is 32.3 Å². The van der Waals surface area contributed by atoms with Crippen LogP contribution in [-0.4, -0.2) is 21.4 Å². The molecule has 84 valence electrons. The van der Waals surface area contributed by atoms with E-state index in [1.54, 1.807) is 25.2 Å². The van der Waals surface area contributed by atoms with Gasteiger partial charge in [-0.1, -0.05) is 0 Å². The number of benzene rings is 1. The third-order valence-electron chi connectivity index (χ3n) is 2.13. The first kappa shape index (κ1) is 10.8. The van der Waals surface area contributed by atoms with Gasteiger partial charge in [-0.3, -0.25) is 9.36 Å². The highest BCUT2D eigenvalue weighted by molar-refractivity contribution is 8.00. The number of hydrogen-bond donors (Lipinski definition) is 1. The summed E-state index contributed by atoms with van der Waals surface area (Å²) in [5, 5.41) is 8.54. The van der Waals surface area contributed by atoms with Crippen molar-refractivity contribution in [2.24, 2.45) is 7.05 Å². The molecule has 2 rings (SSSR count). The number of hydrogen-bond acceptors (Lipinski definition) is 4. The number of thioether (sulfide) groups is 1. The second-order valence-corrected chi connectivity index (χ2v) is 4.29. The van der Waals surface area contributed by atoms with Crippen LogP contribution in [0, 0.1) is 0 Å². The van der Waals surface area contributed by atoms with Gasteiger partial charge >= 0.3 is 11.7 Å². The van der Waals surface area contributed by atoms with Crippen LogP contribution in [0.3, 0.4) is 0 Å². The fourth-order valence-corrected chi connectivity index (χ4v) is 1.99. The molecular weight excluding hydrogens is 230 g/mol. The summed E-state index contributed by atoms with van der Waals surface area (Å²) < 4.78 is 6.40. The third kappa shape index (κ3) is 1.96. The summed E-state index contributed by atoms with van der Waals surface area (Å²) in [6, 6.07) is 5.18. The van der Waals surface area contributed by atoms with Crippen molar-refractivity contribution in [1.82, 2.24) is 4.57 Å². The largest absolute Gasteiger partial charge is 0.481 e. The van der Waals surface area contributed by atoms with E-state index in [4.69, 9.17) is 9.52 Å². The van der Waals surface area contributed by atoms with Crippen molar-refractivity contribution in [2.45, 2.75) is 4.90 Å². The first-order valence-electron chi connectivity index (χ1n) is 4.52. The lowest BCUT2D eigenvalue weighted by atomic mass is 10.3. The molecule has 0 bridgehead atoms. The van der Waals surface area contributed by atoms with Gasteiger partial charge in [0.1, 0.15) is 0 Å². The zero-order valence-corrected chi connectivity index (χ0v) is 9.28. The summed E-state index contributed by atoms with van der Waals surface area (Å²) in [6.45, 7) is 0. The molecule has 0 radical (unpaired) electrons. The number of rotatable bonds is 3. The Bertz CT molecular complexity index is 598. The Hall–Kier alpha value is -1.69. The molecule has 0 aliphatic heterocycles. The predicted octanol–water partition coefficient (Wildman–Crippen LogP) is 1.31. The van der Waals surface area contributed by atoms with Crippen molar-refractivity contribution in [3.05, 3.63) is 28.7 Å². The number of carboxylic acids is 1. The van der Waals surface area contributed by atoms with Crippen molar-refractivity contribution in [1.29, 1.82) is 0 Å². The third-order valence-corrected chi connectivity index (χ3v) is 3.10. The number of aliphatic carboxylic acids is 1. The van der Waals surface area contributed by atoms with Crippen LogP contribution < -0.4 is 5.76 Å². The number of fused-ring (bicyclic) bond motifs is 1. The Balaban J connectivity index is 2.37. The Labute approximate surface area is 94.7 Å². The average molecular weight is 239 g/mol. The number of aromatic nitrogens is 1. The standard InChI is InChI=1S/C10H9NO4S/c1-11-7-3-2-6(16-5-9(12)13)4-8(7)15-10(11)14/h2-4H,5H2,1H3,(H,12,13). The lowest BCUT2D eigenvalue weighted by Crippen LogP contribution is -2.08. The van der Waals surface area contributed by atoms with Crippen LogP contribution in [0.4, 0.5) is 0 Å². The van der Waals surface area contributed by atoms with Crippen LogP contribution in [0.1, 0.15) is 0 Å². The van der Waals surface area contributed by atoms with Crippen LogP contribution >= 0.6 is 11.8 Å². The van der Waals surface area contributed by atoms with Crippen molar-refractivity contribution < 1.29 is 14.3 Å². The maximum atomic E-state index is 11.2. The highest BCUT2D eigenvalue weighted by Crippen LogP contribution is 2.22. The molecule has 1 aromatic heterocycles. The van der Waals surface area contributed by atoms with Gasteiger partial charge in [0, 0.05) is 11.9 Å². The Kier molecular flexibility index (Phi) is 2.74. The number of oxazole rings is 1. The summed E-state index contributed by atoms with van der Waals surface area (Å²) in [4.78, 5) is 22.4. The molecule has 6 heteroatoms. The predicted molar refractivity (Wildman–Crippen MR) is 59.8 cm³/mol. The molecule has 0 atom stereocenters. The zero-order chi connectivity index (χ0) is 11.7. The van der Waals surface area contributed by atoms with Gasteiger partial charge in [-0.15, -0.1) is 11.8 Å².